The van der Waals surface area contributed by atoms with Crippen LogP contribution in [0.4, 0.5) is 4.79 Å². The average Bonchev–Trinajstić information content (AvgIpc) is 3.22. The van der Waals surface area contributed by atoms with E-state index in [4.69, 9.17) is 0 Å². The molecule has 3 rings (SSSR count). The molecule has 3 amide bonds. The lowest BCUT2D eigenvalue weighted by Gasteiger charge is -2.13. The summed E-state index contributed by atoms with van der Waals surface area (Å²) in [6.07, 6.45) is 2.50. The molecule has 1 N–H and O–H groups in total. The number of thioether (sulfide) groups is 1. The summed E-state index contributed by atoms with van der Waals surface area (Å²) >= 11 is 2.32. The number of nitrogens with one attached hydrogen (secondary N) is 1. The first kappa shape index (κ1) is 18.4. The predicted octanol–water partition coefficient (Wildman–Crippen LogP) is 3.78. The summed E-state index contributed by atoms with van der Waals surface area (Å²) in [6, 6.07) is 11.3. The van der Waals surface area contributed by atoms with Crippen molar-refractivity contribution in [2.45, 2.75) is 13.3 Å². The molecule has 0 radical (unpaired) electrons. The number of nitrogens with zero attached hydrogens (tertiary/aromatic N) is 1. The van der Waals surface area contributed by atoms with E-state index in [-0.39, 0.29) is 30.1 Å². The van der Waals surface area contributed by atoms with Crippen LogP contribution in [0.3, 0.4) is 0 Å². The molecule has 2 aromatic rings. The Bertz CT molecular complexity index is 859. The van der Waals surface area contributed by atoms with Crippen LogP contribution in [-0.2, 0) is 11.2 Å². The zero-order valence-corrected chi connectivity index (χ0v) is 15.9. The van der Waals surface area contributed by atoms with Crippen LogP contribution in [0.1, 0.15) is 27.7 Å². The summed E-state index contributed by atoms with van der Waals surface area (Å²) in [4.78, 5) is 39.0. The summed E-state index contributed by atoms with van der Waals surface area (Å²) in [5.74, 6) is -0.480. The number of aryl methyl sites for hydroxylation is 1. The molecule has 26 heavy (non-hydrogen) atoms. The van der Waals surface area contributed by atoms with Crippen molar-refractivity contribution in [2.75, 3.05) is 13.1 Å². The third-order valence-corrected chi connectivity index (χ3v) is 5.79. The molecule has 1 aliphatic heterocycles. The van der Waals surface area contributed by atoms with Crippen molar-refractivity contribution in [3.05, 3.63) is 62.7 Å². The van der Waals surface area contributed by atoms with E-state index in [0.717, 1.165) is 29.3 Å². The highest BCUT2D eigenvalue weighted by atomic mass is 32.2. The molecule has 5 nitrogen and oxygen atoms in total. The molecule has 0 bridgehead atoms. The second kappa shape index (κ2) is 8.33. The van der Waals surface area contributed by atoms with E-state index < -0.39 is 0 Å². The summed E-state index contributed by atoms with van der Waals surface area (Å²) in [7, 11) is 0. The molecule has 1 aromatic carbocycles. The van der Waals surface area contributed by atoms with Crippen LogP contribution in [0.5, 0.6) is 0 Å². The van der Waals surface area contributed by atoms with E-state index in [1.807, 2.05) is 48.7 Å². The van der Waals surface area contributed by atoms with Crippen molar-refractivity contribution in [1.29, 1.82) is 0 Å². The lowest BCUT2D eigenvalue weighted by atomic mass is 10.2. The third-order valence-electron chi connectivity index (χ3n) is 3.93. The quantitative estimate of drug-likeness (QED) is 0.768. The summed E-state index contributed by atoms with van der Waals surface area (Å²) in [5.41, 5.74) is 1.88. The third kappa shape index (κ3) is 4.05. The van der Waals surface area contributed by atoms with Gasteiger partial charge in [0.1, 0.15) is 0 Å². The first-order chi connectivity index (χ1) is 12.6. The van der Waals surface area contributed by atoms with Crippen LogP contribution < -0.4 is 5.32 Å². The van der Waals surface area contributed by atoms with E-state index in [9.17, 15) is 14.4 Å². The first-order valence-electron chi connectivity index (χ1n) is 8.25. The number of rotatable bonds is 6. The summed E-state index contributed by atoms with van der Waals surface area (Å²) in [6.45, 7) is 2.39. The largest absolute Gasteiger partial charge is 0.350 e. The monoisotopic (exact) mass is 386 g/mol. The molecular formula is C19H18N2O3S2. The minimum Gasteiger partial charge on any atom is -0.350 e. The van der Waals surface area contributed by atoms with Crippen LogP contribution in [0.15, 0.2) is 46.7 Å². The number of carbonyl (C=O) groups is 3. The molecule has 0 atom stereocenters. The molecular weight excluding hydrogens is 368 g/mol. The highest BCUT2D eigenvalue weighted by Crippen LogP contribution is 2.31. The Labute approximate surface area is 160 Å². The number of carbonyl (C=O) groups excluding carboxylic acids is 3. The number of hydrogen-bond acceptors (Lipinski definition) is 5. The van der Waals surface area contributed by atoms with Crippen molar-refractivity contribution in [3.8, 4) is 0 Å². The van der Waals surface area contributed by atoms with Crippen LogP contribution in [0.25, 0.3) is 6.08 Å². The number of imide groups is 1. The number of benzene rings is 1. The van der Waals surface area contributed by atoms with Crippen molar-refractivity contribution >= 4 is 46.2 Å². The smallest absolute Gasteiger partial charge is 0.293 e. The minimum absolute atomic E-state index is 0.162. The highest BCUT2D eigenvalue weighted by Gasteiger charge is 2.34. The predicted molar refractivity (Wildman–Crippen MR) is 105 cm³/mol. The molecule has 2 heterocycles. The SMILES string of the molecule is CCc1ccsc1C(=O)NCCN1C(=O)SC(=Cc2ccccc2)C1=O. The number of thiophene rings is 1. The van der Waals surface area contributed by atoms with Crippen molar-refractivity contribution < 1.29 is 14.4 Å². The highest BCUT2D eigenvalue weighted by molar-refractivity contribution is 8.18. The molecule has 0 spiro atoms. The lowest BCUT2D eigenvalue weighted by Crippen LogP contribution is -2.37. The molecule has 7 heteroatoms. The zero-order chi connectivity index (χ0) is 18.5. The molecule has 0 aliphatic carbocycles. The summed E-state index contributed by atoms with van der Waals surface area (Å²) in [5, 5.41) is 4.37. The molecule has 1 aliphatic rings. The Balaban J connectivity index is 1.58. The van der Waals surface area contributed by atoms with Crippen molar-refractivity contribution in [1.82, 2.24) is 10.2 Å². The van der Waals surface area contributed by atoms with E-state index in [1.54, 1.807) is 6.08 Å². The van der Waals surface area contributed by atoms with Gasteiger partial charge in [-0.3, -0.25) is 19.3 Å². The van der Waals surface area contributed by atoms with Crippen molar-refractivity contribution in [3.63, 3.8) is 0 Å². The first-order valence-corrected chi connectivity index (χ1v) is 9.94. The normalized spacial score (nSPS) is 15.7. The Kier molecular flexibility index (Phi) is 5.90. The second-order valence-electron chi connectivity index (χ2n) is 5.63. The number of amides is 3. The maximum atomic E-state index is 12.4. The van der Waals surface area contributed by atoms with Gasteiger partial charge in [0.2, 0.25) is 0 Å². The van der Waals surface area contributed by atoms with Crippen LogP contribution in [0.2, 0.25) is 0 Å². The fourth-order valence-corrected chi connectivity index (χ4v) is 4.34. The van der Waals surface area contributed by atoms with Crippen LogP contribution >= 0.6 is 23.1 Å². The van der Waals surface area contributed by atoms with Crippen LogP contribution in [-0.4, -0.2) is 35.0 Å². The minimum atomic E-state index is -0.316. The van der Waals surface area contributed by atoms with Gasteiger partial charge < -0.3 is 5.32 Å². The zero-order valence-electron chi connectivity index (χ0n) is 14.2. The Morgan fingerprint density at radius 2 is 1.96 bits per heavy atom. The lowest BCUT2D eigenvalue weighted by molar-refractivity contribution is -0.122. The second-order valence-corrected chi connectivity index (χ2v) is 7.54. The van der Waals surface area contributed by atoms with Gasteiger partial charge in [-0.25, -0.2) is 0 Å². The fraction of sp³-hybridized carbons (Fsp3) is 0.211. The standard InChI is InChI=1S/C19H18N2O3S2/c1-2-14-8-11-25-16(14)17(22)20-9-10-21-18(23)15(26-19(21)24)12-13-6-4-3-5-7-13/h3-8,11-12H,2,9-10H2,1H3,(H,20,22). The van der Waals surface area contributed by atoms with Crippen molar-refractivity contribution in [2.24, 2.45) is 0 Å². The maximum absolute atomic E-state index is 12.4. The van der Waals surface area contributed by atoms with Gasteiger partial charge in [-0.2, -0.15) is 0 Å². The van der Waals surface area contributed by atoms with E-state index >= 15 is 0 Å². The van der Waals surface area contributed by atoms with Gasteiger partial charge in [0.25, 0.3) is 17.1 Å². The molecule has 134 valence electrons. The average molecular weight is 386 g/mol. The van der Waals surface area contributed by atoms with Gasteiger partial charge in [-0.05, 0) is 46.8 Å². The molecule has 0 saturated carbocycles. The number of hydrogen-bond donors (Lipinski definition) is 1. The Hall–Kier alpha value is -2.38. The van der Waals surface area contributed by atoms with Crippen LogP contribution in [0, 0.1) is 0 Å². The molecule has 1 aromatic heterocycles. The van der Waals surface area contributed by atoms with Gasteiger partial charge >= 0.3 is 0 Å². The Morgan fingerprint density at radius 1 is 1.19 bits per heavy atom. The molecule has 0 unspecified atom stereocenters. The maximum Gasteiger partial charge on any atom is 0.293 e. The van der Waals surface area contributed by atoms with E-state index in [2.05, 4.69) is 5.32 Å². The summed E-state index contributed by atoms with van der Waals surface area (Å²) < 4.78 is 0. The van der Waals surface area contributed by atoms with Gasteiger partial charge in [-0.15, -0.1) is 11.3 Å². The fourth-order valence-electron chi connectivity index (χ4n) is 2.57. The van der Waals surface area contributed by atoms with Gasteiger partial charge in [0.05, 0.1) is 9.78 Å². The topological polar surface area (TPSA) is 66.5 Å². The van der Waals surface area contributed by atoms with E-state index in [0.29, 0.717) is 9.78 Å². The van der Waals surface area contributed by atoms with E-state index in [1.165, 1.54) is 16.2 Å². The Morgan fingerprint density at radius 3 is 2.69 bits per heavy atom. The molecule has 1 fully saturated rings. The van der Waals surface area contributed by atoms with Gasteiger partial charge in [-0.1, -0.05) is 37.3 Å². The van der Waals surface area contributed by atoms with Gasteiger partial charge in [0, 0.05) is 13.1 Å². The molecule has 1 saturated heterocycles. The van der Waals surface area contributed by atoms with Gasteiger partial charge in [0.15, 0.2) is 0 Å².